The number of hydrogen-bond acceptors (Lipinski definition) is 8. The van der Waals surface area contributed by atoms with Crippen molar-refractivity contribution in [1.82, 2.24) is 30.2 Å². The average Bonchev–Trinajstić information content (AvgIpc) is 3.12. The second kappa shape index (κ2) is 18.0. The van der Waals surface area contributed by atoms with Crippen molar-refractivity contribution in [1.29, 1.82) is 0 Å². The zero-order valence-corrected chi connectivity index (χ0v) is 29.0. The van der Waals surface area contributed by atoms with E-state index in [-0.39, 0.29) is 42.4 Å². The molecule has 2 aliphatic heterocycles. The molecule has 1 aliphatic carbocycles. The van der Waals surface area contributed by atoms with Crippen molar-refractivity contribution in [3.63, 3.8) is 0 Å². The highest BCUT2D eigenvalue weighted by Crippen LogP contribution is 2.24. The topological polar surface area (TPSA) is 214 Å². The second-order valence-electron chi connectivity index (χ2n) is 13.1. The Bertz CT molecular complexity index is 1490. The first kappa shape index (κ1) is 36.9. The lowest BCUT2D eigenvalue weighted by atomic mass is 9.96. The third kappa shape index (κ3) is 11.3. The van der Waals surface area contributed by atoms with Gasteiger partial charge in [-0.1, -0.05) is 24.3 Å². The van der Waals surface area contributed by atoms with Gasteiger partial charge >= 0.3 is 24.2 Å². The highest BCUT2D eigenvalue weighted by molar-refractivity contribution is 5.79. The highest BCUT2D eigenvalue weighted by Gasteiger charge is 2.30. The molecule has 16 heteroatoms. The van der Waals surface area contributed by atoms with E-state index in [1.54, 1.807) is 43.9 Å². The lowest BCUT2D eigenvalue weighted by molar-refractivity contribution is 0.0196. The van der Waals surface area contributed by atoms with E-state index < -0.39 is 0 Å². The summed E-state index contributed by atoms with van der Waals surface area (Å²) < 4.78 is 11.7. The Morgan fingerprint density at radius 1 is 0.608 bits per heavy atom. The summed E-state index contributed by atoms with van der Waals surface area (Å²) in [7, 11) is 0. The van der Waals surface area contributed by atoms with Gasteiger partial charge in [0.05, 0.1) is 5.69 Å². The standard InChI is InChI=1S/C35H50N10O6/c36-27-11-7-25(8-12-27)23-39-32(46)42-15-19-44(20-16-42)34(48)50-29-3-1-5-30(6-2-4-29)51-35(49)45-21-17-43(18-22-45)33(47)40-24-26-9-13-28(14-10-26)41-31(37)38/h7-14,29-30H,1-6,15-24,36H2,(H,39,46)(H,40,47)(H4,37,38,41). The number of nitrogens with zero attached hydrogens (tertiary/aromatic N) is 5. The number of benzene rings is 2. The molecule has 0 bridgehead atoms. The van der Waals surface area contributed by atoms with Crippen LogP contribution in [0.3, 0.4) is 0 Å². The number of carbonyl (C=O) groups is 4. The second-order valence-corrected chi connectivity index (χ2v) is 13.1. The fourth-order valence-electron chi connectivity index (χ4n) is 6.34. The summed E-state index contributed by atoms with van der Waals surface area (Å²) in [5.74, 6) is -0.0167. The smallest absolute Gasteiger partial charge is 0.410 e. The Kier molecular flexibility index (Phi) is 13.0. The van der Waals surface area contributed by atoms with Crippen LogP contribution in [0.5, 0.6) is 0 Å². The van der Waals surface area contributed by atoms with Crippen LogP contribution in [0.25, 0.3) is 0 Å². The number of nitrogens with one attached hydrogen (secondary N) is 2. The van der Waals surface area contributed by atoms with Gasteiger partial charge in [-0.05, 0) is 73.9 Å². The van der Waals surface area contributed by atoms with Gasteiger partial charge in [-0.25, -0.2) is 24.2 Å². The Balaban J connectivity index is 0.940. The lowest BCUT2D eigenvalue weighted by Gasteiger charge is -2.36. The molecule has 6 amide bonds. The fourth-order valence-corrected chi connectivity index (χ4v) is 6.34. The van der Waals surface area contributed by atoms with Crippen molar-refractivity contribution in [2.24, 2.45) is 16.5 Å². The Morgan fingerprint density at radius 3 is 1.37 bits per heavy atom. The number of ether oxygens (including phenoxy) is 2. The maximum atomic E-state index is 13.0. The summed E-state index contributed by atoms with van der Waals surface area (Å²) in [5.41, 5.74) is 19.7. The monoisotopic (exact) mass is 706 g/mol. The van der Waals surface area contributed by atoms with Crippen LogP contribution in [0.4, 0.5) is 30.6 Å². The summed E-state index contributed by atoms with van der Waals surface area (Å²) in [4.78, 5) is 61.9. The van der Waals surface area contributed by atoms with Crippen molar-refractivity contribution in [3.8, 4) is 0 Å². The Labute approximate surface area is 298 Å². The van der Waals surface area contributed by atoms with E-state index in [1.165, 1.54) is 0 Å². The van der Waals surface area contributed by atoms with Gasteiger partial charge in [-0.15, -0.1) is 0 Å². The first-order valence-corrected chi connectivity index (χ1v) is 17.6. The molecule has 2 heterocycles. The van der Waals surface area contributed by atoms with Gasteiger partial charge in [0.25, 0.3) is 0 Å². The lowest BCUT2D eigenvalue weighted by Crippen LogP contribution is -2.53. The van der Waals surface area contributed by atoms with Gasteiger partial charge in [0.1, 0.15) is 12.2 Å². The molecule has 8 N–H and O–H groups in total. The predicted octanol–water partition coefficient (Wildman–Crippen LogP) is 2.89. The number of anilines is 1. The summed E-state index contributed by atoms with van der Waals surface area (Å²) in [6.45, 7) is 4.06. The van der Waals surface area contributed by atoms with Gasteiger partial charge in [-0.2, -0.15) is 0 Å². The number of urea groups is 2. The molecule has 2 aromatic rings. The summed E-state index contributed by atoms with van der Waals surface area (Å²) in [6, 6.07) is 14.2. The minimum Gasteiger partial charge on any atom is -0.446 e. The molecule has 5 rings (SSSR count). The fraction of sp³-hybridized carbons (Fsp3) is 0.514. The molecule has 3 fully saturated rings. The van der Waals surface area contributed by atoms with Crippen LogP contribution in [-0.2, 0) is 22.6 Å². The molecule has 0 atom stereocenters. The van der Waals surface area contributed by atoms with Crippen LogP contribution in [-0.4, -0.2) is 114 Å². The van der Waals surface area contributed by atoms with Crippen molar-refractivity contribution < 1.29 is 28.7 Å². The third-order valence-corrected chi connectivity index (χ3v) is 9.35. The number of carbonyl (C=O) groups excluding carboxylic acids is 4. The van der Waals surface area contributed by atoms with Crippen molar-refractivity contribution >= 4 is 41.6 Å². The molecule has 0 radical (unpaired) electrons. The molecule has 2 saturated heterocycles. The van der Waals surface area contributed by atoms with Crippen LogP contribution in [0.2, 0.25) is 0 Å². The molecule has 0 aromatic heterocycles. The number of rotatable bonds is 7. The number of hydrogen-bond donors (Lipinski definition) is 5. The minimum absolute atomic E-state index is 0.0167. The summed E-state index contributed by atoms with van der Waals surface area (Å²) >= 11 is 0. The van der Waals surface area contributed by atoms with E-state index in [9.17, 15) is 19.2 Å². The van der Waals surface area contributed by atoms with Gasteiger partial charge < -0.3 is 56.9 Å². The SMILES string of the molecule is NC(N)=Nc1ccc(CNC(=O)N2CCN(C(=O)OC3CCCC(OC(=O)N4CCN(C(=O)NCc5ccc(N)cc5)CC4)CCC3)CC2)cc1. The number of amides is 6. The molecule has 1 saturated carbocycles. The Morgan fingerprint density at radius 2 is 0.980 bits per heavy atom. The molecule has 3 aliphatic rings. The predicted molar refractivity (Wildman–Crippen MR) is 192 cm³/mol. The van der Waals surface area contributed by atoms with E-state index >= 15 is 0 Å². The maximum absolute atomic E-state index is 13.0. The minimum atomic E-state index is -0.359. The number of aliphatic imine (C=N–C) groups is 1. The summed E-state index contributed by atoms with van der Waals surface area (Å²) in [5, 5.41) is 5.83. The number of piperazine rings is 2. The van der Waals surface area contributed by atoms with Crippen LogP contribution >= 0.6 is 0 Å². The van der Waals surface area contributed by atoms with E-state index in [0.29, 0.717) is 103 Å². The summed E-state index contributed by atoms with van der Waals surface area (Å²) in [6.07, 6.45) is 3.21. The van der Waals surface area contributed by atoms with E-state index in [0.717, 1.165) is 24.0 Å². The van der Waals surface area contributed by atoms with Gasteiger partial charge in [-0.3, -0.25) is 0 Å². The zero-order chi connectivity index (χ0) is 36.2. The van der Waals surface area contributed by atoms with Crippen LogP contribution < -0.4 is 27.8 Å². The average molecular weight is 707 g/mol. The first-order chi connectivity index (χ1) is 24.6. The van der Waals surface area contributed by atoms with Crippen LogP contribution in [0.1, 0.15) is 49.7 Å². The van der Waals surface area contributed by atoms with E-state index in [2.05, 4.69) is 15.6 Å². The highest BCUT2D eigenvalue weighted by atomic mass is 16.6. The molecule has 51 heavy (non-hydrogen) atoms. The molecule has 276 valence electrons. The van der Waals surface area contributed by atoms with Crippen LogP contribution in [0, 0.1) is 0 Å². The molecule has 2 aromatic carbocycles. The van der Waals surface area contributed by atoms with Gasteiger partial charge in [0.2, 0.25) is 0 Å². The first-order valence-electron chi connectivity index (χ1n) is 17.6. The molecule has 16 nitrogen and oxygen atoms in total. The third-order valence-electron chi connectivity index (χ3n) is 9.35. The Hall–Kier alpha value is -5.41. The van der Waals surface area contributed by atoms with Crippen molar-refractivity contribution in [2.45, 2.75) is 63.8 Å². The molecule has 0 unspecified atom stereocenters. The van der Waals surface area contributed by atoms with Crippen LogP contribution in [0.15, 0.2) is 53.5 Å². The zero-order valence-electron chi connectivity index (χ0n) is 29.0. The van der Waals surface area contributed by atoms with Gasteiger partial charge in [0, 0.05) is 71.1 Å². The normalized spacial score (nSPS) is 19.6. The molecular formula is C35H50N10O6. The molecule has 0 spiro atoms. The largest absolute Gasteiger partial charge is 0.446 e. The van der Waals surface area contributed by atoms with E-state index in [4.69, 9.17) is 26.7 Å². The maximum Gasteiger partial charge on any atom is 0.410 e. The molecular weight excluding hydrogens is 656 g/mol. The van der Waals surface area contributed by atoms with Gasteiger partial charge in [0.15, 0.2) is 5.96 Å². The quantitative estimate of drug-likeness (QED) is 0.162. The number of nitrogens with two attached hydrogens (primary N) is 3. The number of guanidine groups is 1. The van der Waals surface area contributed by atoms with Crippen molar-refractivity contribution in [3.05, 3.63) is 59.7 Å². The van der Waals surface area contributed by atoms with Crippen molar-refractivity contribution in [2.75, 3.05) is 58.1 Å². The number of nitrogen functional groups attached to an aromatic ring is 1. The van der Waals surface area contributed by atoms with E-state index in [1.807, 2.05) is 24.3 Å².